The zero-order chi connectivity index (χ0) is 13.1. The van der Waals surface area contributed by atoms with Gasteiger partial charge in [-0.2, -0.15) is 0 Å². The Hall–Kier alpha value is -2.43. The Kier molecular flexibility index (Phi) is 3.23. The van der Waals surface area contributed by atoms with Crippen LogP contribution in [0.2, 0.25) is 0 Å². The van der Waals surface area contributed by atoms with Gasteiger partial charge < -0.3 is 20.6 Å². The Morgan fingerprint density at radius 3 is 2.78 bits per heavy atom. The highest BCUT2D eigenvalue weighted by Crippen LogP contribution is 2.31. The number of carbonyl (C=O) groups is 1. The van der Waals surface area contributed by atoms with Crippen molar-refractivity contribution in [1.29, 1.82) is 0 Å². The van der Waals surface area contributed by atoms with Crippen molar-refractivity contribution < 1.29 is 14.6 Å². The smallest absolute Gasteiger partial charge is 0.339 e. The third kappa shape index (κ3) is 2.15. The summed E-state index contributed by atoms with van der Waals surface area (Å²) < 4.78 is 5.49. The summed E-state index contributed by atoms with van der Waals surface area (Å²) in [5.74, 6) is -0.217. The fourth-order valence-corrected chi connectivity index (χ4v) is 1.76. The molecule has 0 saturated carbocycles. The van der Waals surface area contributed by atoms with Crippen molar-refractivity contribution >= 4 is 11.8 Å². The Bertz CT molecular complexity index is 575. The molecule has 0 bridgehead atoms. The fourth-order valence-electron chi connectivity index (χ4n) is 1.76. The van der Waals surface area contributed by atoms with Crippen LogP contribution in [0, 0.1) is 0 Å². The van der Waals surface area contributed by atoms with Gasteiger partial charge in [-0.05, 0) is 25.1 Å². The minimum Gasteiger partial charge on any atom is -0.493 e. The molecule has 0 unspecified atom stereocenters. The molecule has 94 valence electrons. The highest BCUT2D eigenvalue weighted by molar-refractivity contribution is 5.95. The summed E-state index contributed by atoms with van der Waals surface area (Å²) >= 11 is 0. The number of nitrogens with one attached hydrogen (secondary N) is 1. The van der Waals surface area contributed by atoms with E-state index in [1.54, 1.807) is 0 Å². The van der Waals surface area contributed by atoms with Gasteiger partial charge in [-0.25, -0.2) is 4.79 Å². The maximum absolute atomic E-state index is 10.9. The molecule has 18 heavy (non-hydrogen) atoms. The molecular formula is C13H14N2O3. The molecule has 0 aliphatic rings. The maximum Gasteiger partial charge on any atom is 0.339 e. The number of rotatable bonds is 4. The van der Waals surface area contributed by atoms with Gasteiger partial charge in [0.25, 0.3) is 0 Å². The first kappa shape index (κ1) is 12.0. The fraction of sp³-hybridized carbons (Fsp3) is 0.154. The highest BCUT2D eigenvalue weighted by Gasteiger charge is 2.15. The number of nitrogens with two attached hydrogens (primary N) is 1. The number of H-pyrrole nitrogens is 1. The van der Waals surface area contributed by atoms with Crippen LogP contribution in [0.1, 0.15) is 17.3 Å². The van der Waals surface area contributed by atoms with Gasteiger partial charge in [0.05, 0.1) is 12.3 Å². The van der Waals surface area contributed by atoms with Crippen molar-refractivity contribution in [1.82, 2.24) is 4.98 Å². The molecular weight excluding hydrogens is 232 g/mol. The molecule has 5 nitrogen and oxygen atoms in total. The minimum absolute atomic E-state index is 0.0660. The molecule has 0 aliphatic heterocycles. The standard InChI is InChI=1S/C13H14N2O3/c1-2-18-11-6-4-3-5-8(11)10-7-9(13(16)17)12(14)15-10/h3-7,15H,2,14H2,1H3,(H,16,17). The summed E-state index contributed by atoms with van der Waals surface area (Å²) in [6.07, 6.45) is 0. The summed E-state index contributed by atoms with van der Waals surface area (Å²) in [5.41, 5.74) is 7.12. The number of carboxylic acids is 1. The van der Waals surface area contributed by atoms with E-state index in [1.165, 1.54) is 6.07 Å². The number of carboxylic acid groups (broad SMARTS) is 1. The molecule has 1 aromatic heterocycles. The highest BCUT2D eigenvalue weighted by atomic mass is 16.5. The molecule has 0 saturated heterocycles. The van der Waals surface area contributed by atoms with E-state index >= 15 is 0 Å². The van der Waals surface area contributed by atoms with Crippen molar-refractivity contribution in [2.24, 2.45) is 0 Å². The first-order valence-corrected chi connectivity index (χ1v) is 5.57. The van der Waals surface area contributed by atoms with Crippen LogP contribution in [0.4, 0.5) is 5.82 Å². The van der Waals surface area contributed by atoms with Crippen LogP contribution >= 0.6 is 0 Å². The molecule has 5 heteroatoms. The summed E-state index contributed by atoms with van der Waals surface area (Å²) in [4.78, 5) is 13.8. The van der Waals surface area contributed by atoms with Gasteiger partial charge in [-0.3, -0.25) is 0 Å². The molecule has 0 atom stereocenters. The maximum atomic E-state index is 10.9. The second-order valence-corrected chi connectivity index (χ2v) is 3.74. The quantitative estimate of drug-likeness (QED) is 0.772. The zero-order valence-corrected chi connectivity index (χ0v) is 9.93. The summed E-state index contributed by atoms with van der Waals surface area (Å²) in [5, 5.41) is 8.97. The van der Waals surface area contributed by atoms with Crippen LogP contribution in [0.15, 0.2) is 30.3 Å². The van der Waals surface area contributed by atoms with Crippen LogP contribution in [0.25, 0.3) is 11.3 Å². The lowest BCUT2D eigenvalue weighted by atomic mass is 10.1. The van der Waals surface area contributed by atoms with E-state index in [2.05, 4.69) is 4.98 Å². The third-order valence-electron chi connectivity index (χ3n) is 2.56. The van der Waals surface area contributed by atoms with Crippen LogP contribution in [0.3, 0.4) is 0 Å². The number of hydrogen-bond donors (Lipinski definition) is 3. The van der Waals surface area contributed by atoms with E-state index in [-0.39, 0.29) is 11.4 Å². The SMILES string of the molecule is CCOc1ccccc1-c1cc(C(=O)O)c(N)[nH]1. The average molecular weight is 246 g/mol. The van der Waals surface area contributed by atoms with E-state index in [4.69, 9.17) is 15.6 Å². The molecule has 0 fully saturated rings. The molecule has 1 aromatic carbocycles. The van der Waals surface area contributed by atoms with Crippen molar-refractivity contribution in [2.45, 2.75) is 6.92 Å². The van der Waals surface area contributed by atoms with Gasteiger partial charge in [-0.1, -0.05) is 12.1 Å². The van der Waals surface area contributed by atoms with Crippen LogP contribution in [0.5, 0.6) is 5.75 Å². The van der Waals surface area contributed by atoms with Gasteiger partial charge in [0, 0.05) is 5.56 Å². The van der Waals surface area contributed by atoms with Crippen molar-refractivity contribution in [3.8, 4) is 17.0 Å². The second kappa shape index (κ2) is 4.83. The number of nitrogen functional groups attached to an aromatic ring is 1. The average Bonchev–Trinajstić information content (AvgIpc) is 2.72. The number of ether oxygens (including phenoxy) is 1. The van der Waals surface area contributed by atoms with Crippen LogP contribution in [-0.4, -0.2) is 22.7 Å². The Balaban J connectivity index is 2.48. The van der Waals surface area contributed by atoms with Gasteiger partial charge in [0.1, 0.15) is 17.1 Å². The third-order valence-corrected chi connectivity index (χ3v) is 2.56. The number of aromatic amines is 1. The lowest BCUT2D eigenvalue weighted by Gasteiger charge is -2.08. The topological polar surface area (TPSA) is 88.3 Å². The normalized spacial score (nSPS) is 10.3. The van der Waals surface area contributed by atoms with Crippen LogP contribution < -0.4 is 10.5 Å². The first-order valence-electron chi connectivity index (χ1n) is 5.57. The number of aromatic nitrogens is 1. The molecule has 0 radical (unpaired) electrons. The van der Waals surface area contributed by atoms with Gasteiger partial charge in [0.2, 0.25) is 0 Å². The lowest BCUT2D eigenvalue weighted by molar-refractivity contribution is 0.0698. The van der Waals surface area contributed by atoms with Crippen molar-refractivity contribution in [3.05, 3.63) is 35.9 Å². The number of aromatic carboxylic acids is 1. The minimum atomic E-state index is -1.05. The summed E-state index contributed by atoms with van der Waals surface area (Å²) in [6.45, 7) is 2.43. The monoisotopic (exact) mass is 246 g/mol. The van der Waals surface area contributed by atoms with E-state index < -0.39 is 5.97 Å². The Labute approximate surface area is 104 Å². The number of benzene rings is 1. The van der Waals surface area contributed by atoms with E-state index in [0.717, 1.165) is 5.56 Å². The van der Waals surface area contributed by atoms with Gasteiger partial charge in [-0.15, -0.1) is 0 Å². The van der Waals surface area contributed by atoms with E-state index in [9.17, 15) is 4.79 Å². The molecule has 2 aromatic rings. The predicted octanol–water partition coefficient (Wildman–Crippen LogP) is 2.36. The Morgan fingerprint density at radius 2 is 2.17 bits per heavy atom. The number of hydrogen-bond acceptors (Lipinski definition) is 3. The van der Waals surface area contributed by atoms with Gasteiger partial charge in [0.15, 0.2) is 0 Å². The Morgan fingerprint density at radius 1 is 1.44 bits per heavy atom. The molecule has 2 rings (SSSR count). The van der Waals surface area contributed by atoms with E-state index in [1.807, 2.05) is 31.2 Å². The summed E-state index contributed by atoms with van der Waals surface area (Å²) in [6, 6.07) is 8.90. The molecule has 1 heterocycles. The zero-order valence-electron chi connectivity index (χ0n) is 9.93. The van der Waals surface area contributed by atoms with Gasteiger partial charge >= 0.3 is 5.97 Å². The largest absolute Gasteiger partial charge is 0.493 e. The number of para-hydroxylation sites is 1. The second-order valence-electron chi connectivity index (χ2n) is 3.74. The molecule has 0 amide bonds. The number of anilines is 1. The molecule has 0 aliphatic carbocycles. The molecule has 0 spiro atoms. The van der Waals surface area contributed by atoms with Crippen molar-refractivity contribution in [2.75, 3.05) is 12.3 Å². The van der Waals surface area contributed by atoms with E-state index in [0.29, 0.717) is 18.1 Å². The summed E-state index contributed by atoms with van der Waals surface area (Å²) in [7, 11) is 0. The lowest BCUT2D eigenvalue weighted by Crippen LogP contribution is -1.98. The van der Waals surface area contributed by atoms with Crippen LogP contribution in [-0.2, 0) is 0 Å². The predicted molar refractivity (Wildman–Crippen MR) is 68.8 cm³/mol. The molecule has 4 N–H and O–H groups in total. The van der Waals surface area contributed by atoms with Crippen molar-refractivity contribution in [3.63, 3.8) is 0 Å². The first-order chi connectivity index (χ1) is 8.63.